The molecule has 102 valence electrons. The lowest BCUT2D eigenvalue weighted by Crippen LogP contribution is -2.28. The van der Waals surface area contributed by atoms with Gasteiger partial charge in [-0.1, -0.05) is 0 Å². The molecule has 1 aromatic rings. The lowest BCUT2D eigenvalue weighted by atomic mass is 10.2. The van der Waals surface area contributed by atoms with Crippen LogP contribution in [0.2, 0.25) is 0 Å². The zero-order valence-corrected chi connectivity index (χ0v) is 12.1. The molecule has 0 aliphatic heterocycles. The van der Waals surface area contributed by atoms with Crippen molar-refractivity contribution in [2.24, 2.45) is 0 Å². The number of nitrogens with zero attached hydrogens (tertiary/aromatic N) is 2. The van der Waals surface area contributed by atoms with Crippen LogP contribution in [-0.4, -0.2) is 42.7 Å². The summed E-state index contributed by atoms with van der Waals surface area (Å²) in [6.45, 7) is 8.45. The summed E-state index contributed by atoms with van der Waals surface area (Å²) in [7, 11) is 3.52. The molecule has 0 radical (unpaired) electrons. The number of hydrogen-bond donors (Lipinski definition) is 0. The molecule has 0 fully saturated rings. The van der Waals surface area contributed by atoms with Gasteiger partial charge >= 0.3 is 0 Å². The van der Waals surface area contributed by atoms with Crippen LogP contribution in [0.25, 0.3) is 0 Å². The average Bonchev–Trinajstić information content (AvgIpc) is 2.63. The molecule has 0 aliphatic rings. The monoisotopic (exact) mass is 252 g/mol. The molecule has 4 heteroatoms. The SMILES string of the molecule is CCn1c(C)cc(C(=O)N(C)CCCOC)c1C. The first-order valence-electron chi connectivity index (χ1n) is 6.44. The smallest absolute Gasteiger partial charge is 0.255 e. The summed E-state index contributed by atoms with van der Waals surface area (Å²) in [4.78, 5) is 14.1. The van der Waals surface area contributed by atoms with Gasteiger partial charge in [0, 0.05) is 45.2 Å². The molecule has 0 N–H and O–H groups in total. The third-order valence-corrected chi connectivity index (χ3v) is 3.31. The molecule has 18 heavy (non-hydrogen) atoms. The third kappa shape index (κ3) is 3.13. The van der Waals surface area contributed by atoms with Crippen molar-refractivity contribution in [1.82, 2.24) is 9.47 Å². The molecule has 0 aromatic carbocycles. The summed E-state index contributed by atoms with van der Waals surface area (Å²) >= 11 is 0. The van der Waals surface area contributed by atoms with Gasteiger partial charge in [0.2, 0.25) is 0 Å². The van der Waals surface area contributed by atoms with E-state index >= 15 is 0 Å². The minimum Gasteiger partial charge on any atom is -0.385 e. The summed E-state index contributed by atoms with van der Waals surface area (Å²) in [6, 6.07) is 1.98. The van der Waals surface area contributed by atoms with Crippen molar-refractivity contribution in [3.05, 3.63) is 23.0 Å². The molecule has 1 heterocycles. The van der Waals surface area contributed by atoms with E-state index < -0.39 is 0 Å². The standard InChI is InChI=1S/C14H24N2O2/c1-6-16-11(2)10-13(12(16)3)14(17)15(4)8-7-9-18-5/h10H,6-9H2,1-5H3. The van der Waals surface area contributed by atoms with E-state index in [4.69, 9.17) is 4.74 Å². The largest absolute Gasteiger partial charge is 0.385 e. The summed E-state index contributed by atoms with van der Waals surface area (Å²) < 4.78 is 7.16. The first kappa shape index (κ1) is 14.8. The molecule has 0 atom stereocenters. The fraction of sp³-hybridized carbons (Fsp3) is 0.643. The Hall–Kier alpha value is -1.29. The van der Waals surface area contributed by atoms with Gasteiger partial charge in [-0.2, -0.15) is 0 Å². The highest BCUT2D eigenvalue weighted by molar-refractivity contribution is 5.95. The van der Waals surface area contributed by atoms with Gasteiger partial charge < -0.3 is 14.2 Å². The second kappa shape index (κ2) is 6.59. The van der Waals surface area contributed by atoms with Crippen LogP contribution in [0.3, 0.4) is 0 Å². The minimum absolute atomic E-state index is 0.0962. The van der Waals surface area contributed by atoms with Crippen LogP contribution < -0.4 is 0 Å². The zero-order valence-electron chi connectivity index (χ0n) is 12.1. The van der Waals surface area contributed by atoms with Crippen LogP contribution in [0.15, 0.2) is 6.07 Å². The number of carbonyl (C=O) groups excluding carboxylic acids is 1. The fourth-order valence-electron chi connectivity index (χ4n) is 2.26. The second-order valence-corrected chi connectivity index (χ2v) is 4.60. The lowest BCUT2D eigenvalue weighted by molar-refractivity contribution is 0.0778. The molecule has 1 amide bonds. The van der Waals surface area contributed by atoms with Crippen molar-refractivity contribution >= 4 is 5.91 Å². The van der Waals surface area contributed by atoms with Gasteiger partial charge in [0.1, 0.15) is 0 Å². The fourth-order valence-corrected chi connectivity index (χ4v) is 2.26. The first-order valence-corrected chi connectivity index (χ1v) is 6.44. The molecule has 0 saturated heterocycles. The Morgan fingerprint density at radius 3 is 2.61 bits per heavy atom. The topological polar surface area (TPSA) is 34.5 Å². The van der Waals surface area contributed by atoms with Crippen molar-refractivity contribution in [3.8, 4) is 0 Å². The molecule has 0 unspecified atom stereocenters. The van der Waals surface area contributed by atoms with Gasteiger partial charge in [0.05, 0.1) is 5.56 Å². The van der Waals surface area contributed by atoms with Crippen LogP contribution >= 0.6 is 0 Å². The predicted octanol–water partition coefficient (Wildman–Crippen LogP) is 2.23. The van der Waals surface area contributed by atoms with E-state index in [9.17, 15) is 4.79 Å². The number of aromatic nitrogens is 1. The maximum Gasteiger partial charge on any atom is 0.255 e. The Morgan fingerprint density at radius 2 is 2.11 bits per heavy atom. The van der Waals surface area contributed by atoms with Crippen molar-refractivity contribution in [3.63, 3.8) is 0 Å². The van der Waals surface area contributed by atoms with Gasteiger partial charge in [0.15, 0.2) is 0 Å². The minimum atomic E-state index is 0.0962. The lowest BCUT2D eigenvalue weighted by Gasteiger charge is -2.17. The summed E-state index contributed by atoms with van der Waals surface area (Å²) in [6.07, 6.45) is 0.866. The second-order valence-electron chi connectivity index (χ2n) is 4.60. The van der Waals surface area contributed by atoms with E-state index in [1.165, 1.54) is 0 Å². The van der Waals surface area contributed by atoms with E-state index in [0.29, 0.717) is 6.61 Å². The molecule has 0 spiro atoms. The van der Waals surface area contributed by atoms with Crippen molar-refractivity contribution in [2.75, 3.05) is 27.3 Å². The summed E-state index contributed by atoms with van der Waals surface area (Å²) in [5.41, 5.74) is 3.01. The van der Waals surface area contributed by atoms with E-state index in [-0.39, 0.29) is 5.91 Å². The van der Waals surface area contributed by atoms with Gasteiger partial charge in [-0.3, -0.25) is 4.79 Å². The van der Waals surface area contributed by atoms with Gasteiger partial charge in [0.25, 0.3) is 5.91 Å². The Balaban J connectivity index is 2.77. The molecular formula is C14H24N2O2. The summed E-state index contributed by atoms with van der Waals surface area (Å²) in [5, 5.41) is 0. The molecule has 0 aliphatic carbocycles. The highest BCUT2D eigenvalue weighted by Gasteiger charge is 2.17. The molecule has 1 rings (SSSR count). The number of carbonyl (C=O) groups is 1. The van der Waals surface area contributed by atoms with Gasteiger partial charge in [-0.15, -0.1) is 0 Å². The van der Waals surface area contributed by atoms with Crippen LogP contribution in [-0.2, 0) is 11.3 Å². The van der Waals surface area contributed by atoms with E-state index in [1.807, 2.05) is 27.0 Å². The Bertz CT molecular complexity index is 410. The maximum absolute atomic E-state index is 12.3. The van der Waals surface area contributed by atoms with E-state index in [2.05, 4.69) is 11.5 Å². The maximum atomic E-state index is 12.3. The molecule has 0 bridgehead atoms. The molecular weight excluding hydrogens is 228 g/mol. The molecule has 4 nitrogen and oxygen atoms in total. The van der Waals surface area contributed by atoms with Crippen LogP contribution in [0.5, 0.6) is 0 Å². The van der Waals surface area contributed by atoms with E-state index in [0.717, 1.165) is 36.5 Å². The number of methoxy groups -OCH3 is 1. The third-order valence-electron chi connectivity index (χ3n) is 3.31. The highest BCUT2D eigenvalue weighted by atomic mass is 16.5. The Morgan fingerprint density at radius 1 is 1.44 bits per heavy atom. The zero-order chi connectivity index (χ0) is 13.7. The van der Waals surface area contributed by atoms with Crippen molar-refractivity contribution in [2.45, 2.75) is 33.7 Å². The van der Waals surface area contributed by atoms with Crippen LogP contribution in [0, 0.1) is 13.8 Å². The number of amides is 1. The van der Waals surface area contributed by atoms with E-state index in [1.54, 1.807) is 12.0 Å². The molecule has 0 saturated carbocycles. The first-order chi connectivity index (χ1) is 8.52. The molecule has 1 aromatic heterocycles. The number of hydrogen-bond acceptors (Lipinski definition) is 2. The Kier molecular flexibility index (Phi) is 5.41. The normalized spacial score (nSPS) is 10.7. The quantitative estimate of drug-likeness (QED) is 0.728. The van der Waals surface area contributed by atoms with Crippen molar-refractivity contribution in [1.29, 1.82) is 0 Å². The highest BCUT2D eigenvalue weighted by Crippen LogP contribution is 2.16. The number of aryl methyl sites for hydroxylation is 1. The van der Waals surface area contributed by atoms with Gasteiger partial charge in [-0.05, 0) is 33.3 Å². The average molecular weight is 252 g/mol. The van der Waals surface area contributed by atoms with Gasteiger partial charge in [-0.25, -0.2) is 0 Å². The number of rotatable bonds is 6. The Labute approximate surface area is 110 Å². The van der Waals surface area contributed by atoms with Crippen LogP contribution in [0.1, 0.15) is 35.1 Å². The summed E-state index contributed by atoms with van der Waals surface area (Å²) in [5.74, 6) is 0.0962. The number of ether oxygens (including phenoxy) is 1. The predicted molar refractivity (Wildman–Crippen MR) is 73.0 cm³/mol. The van der Waals surface area contributed by atoms with Crippen molar-refractivity contribution < 1.29 is 9.53 Å². The van der Waals surface area contributed by atoms with Crippen LogP contribution in [0.4, 0.5) is 0 Å².